The molecule has 1 heterocycles. The van der Waals surface area contributed by atoms with Crippen LogP contribution in [-0.2, 0) is 14.3 Å². The van der Waals surface area contributed by atoms with Gasteiger partial charge >= 0.3 is 5.97 Å². The van der Waals surface area contributed by atoms with Crippen LogP contribution in [0.15, 0.2) is 0 Å². The van der Waals surface area contributed by atoms with Crippen molar-refractivity contribution < 1.29 is 14.3 Å². The Morgan fingerprint density at radius 3 is 2.88 bits per heavy atom. The summed E-state index contributed by atoms with van der Waals surface area (Å²) in [6.07, 6.45) is 4.13. The molecule has 0 aliphatic carbocycles. The summed E-state index contributed by atoms with van der Waals surface area (Å²) >= 11 is 0. The van der Waals surface area contributed by atoms with Crippen molar-refractivity contribution in [2.24, 2.45) is 5.92 Å². The molecule has 0 aromatic carbocycles. The smallest absolute Gasteiger partial charge is 0.305 e. The van der Waals surface area contributed by atoms with E-state index in [9.17, 15) is 4.79 Å². The molecule has 4 nitrogen and oxygen atoms in total. The minimum Gasteiger partial charge on any atom is -0.463 e. The minimum absolute atomic E-state index is 0.0945. The summed E-state index contributed by atoms with van der Waals surface area (Å²) in [6.45, 7) is 6.97. The number of carbonyl (C=O) groups excluding carboxylic acids is 1. The molecule has 1 atom stereocenters. The van der Waals surface area contributed by atoms with Crippen LogP contribution in [0, 0.1) is 5.92 Å². The maximum absolute atomic E-state index is 11.4. The lowest BCUT2D eigenvalue weighted by molar-refractivity contribution is -0.146. The molecule has 1 unspecified atom stereocenters. The molecule has 100 valence electrons. The van der Waals surface area contributed by atoms with Crippen LogP contribution in [0.1, 0.15) is 39.5 Å². The predicted molar refractivity (Wildman–Crippen MR) is 66.9 cm³/mol. The van der Waals surface area contributed by atoms with Crippen LogP contribution in [-0.4, -0.2) is 38.4 Å². The Labute approximate surface area is 104 Å². The van der Waals surface area contributed by atoms with Crippen molar-refractivity contribution in [1.82, 2.24) is 5.32 Å². The Balaban J connectivity index is 1.96. The van der Waals surface area contributed by atoms with Gasteiger partial charge in [-0.1, -0.05) is 0 Å². The van der Waals surface area contributed by atoms with Crippen LogP contribution in [0.4, 0.5) is 0 Å². The zero-order valence-corrected chi connectivity index (χ0v) is 11.0. The first-order chi connectivity index (χ1) is 8.18. The largest absolute Gasteiger partial charge is 0.463 e. The van der Waals surface area contributed by atoms with E-state index in [1.807, 2.05) is 13.8 Å². The van der Waals surface area contributed by atoms with Gasteiger partial charge in [0.25, 0.3) is 0 Å². The van der Waals surface area contributed by atoms with Crippen molar-refractivity contribution in [3.8, 4) is 0 Å². The second kappa shape index (κ2) is 8.48. The SMILES string of the molecule is CC(C)OCCOC(=O)CCC1CCCNC1. The maximum Gasteiger partial charge on any atom is 0.305 e. The summed E-state index contributed by atoms with van der Waals surface area (Å²) in [5, 5.41) is 3.35. The summed E-state index contributed by atoms with van der Waals surface area (Å²) in [5.74, 6) is 0.547. The highest BCUT2D eigenvalue weighted by Gasteiger charge is 2.14. The number of ether oxygens (including phenoxy) is 2. The van der Waals surface area contributed by atoms with Crippen molar-refractivity contribution in [3.63, 3.8) is 0 Å². The Bertz CT molecular complexity index is 213. The molecule has 0 spiro atoms. The minimum atomic E-state index is -0.0945. The molecule has 1 fully saturated rings. The van der Waals surface area contributed by atoms with Crippen LogP contribution in [0.5, 0.6) is 0 Å². The molecular weight excluding hydrogens is 218 g/mol. The topological polar surface area (TPSA) is 47.6 Å². The second-order valence-corrected chi connectivity index (χ2v) is 4.89. The number of esters is 1. The van der Waals surface area contributed by atoms with Crippen LogP contribution in [0.25, 0.3) is 0 Å². The average Bonchev–Trinajstić information content (AvgIpc) is 2.33. The molecule has 0 amide bonds. The number of rotatable bonds is 7. The van der Waals surface area contributed by atoms with Crippen LogP contribution in [0.2, 0.25) is 0 Å². The summed E-state index contributed by atoms with van der Waals surface area (Å²) < 4.78 is 10.4. The molecule has 0 aromatic rings. The molecule has 0 bridgehead atoms. The van der Waals surface area contributed by atoms with Gasteiger partial charge in [0.1, 0.15) is 6.61 Å². The molecule has 1 N–H and O–H groups in total. The Hall–Kier alpha value is -0.610. The number of hydrogen-bond acceptors (Lipinski definition) is 4. The van der Waals surface area contributed by atoms with E-state index in [4.69, 9.17) is 9.47 Å². The van der Waals surface area contributed by atoms with Crippen molar-refractivity contribution in [2.75, 3.05) is 26.3 Å². The summed E-state index contributed by atoms with van der Waals surface area (Å²) in [7, 11) is 0. The normalized spacial score (nSPS) is 20.5. The van der Waals surface area contributed by atoms with E-state index < -0.39 is 0 Å². The molecule has 0 radical (unpaired) electrons. The second-order valence-electron chi connectivity index (χ2n) is 4.89. The van der Waals surface area contributed by atoms with Gasteiger partial charge in [0.15, 0.2) is 0 Å². The fourth-order valence-corrected chi connectivity index (χ4v) is 2.00. The molecule has 17 heavy (non-hydrogen) atoms. The number of hydrogen-bond donors (Lipinski definition) is 1. The van der Waals surface area contributed by atoms with E-state index in [-0.39, 0.29) is 12.1 Å². The van der Waals surface area contributed by atoms with Gasteiger partial charge in [-0.2, -0.15) is 0 Å². The number of piperidine rings is 1. The first kappa shape index (κ1) is 14.5. The van der Waals surface area contributed by atoms with Gasteiger partial charge in [-0.05, 0) is 52.1 Å². The molecule has 0 saturated carbocycles. The fourth-order valence-electron chi connectivity index (χ4n) is 2.00. The molecule has 4 heteroatoms. The summed E-state index contributed by atoms with van der Waals surface area (Å²) in [4.78, 5) is 11.4. The zero-order valence-electron chi connectivity index (χ0n) is 11.0. The lowest BCUT2D eigenvalue weighted by Crippen LogP contribution is -2.30. The molecule has 1 saturated heterocycles. The van der Waals surface area contributed by atoms with Crippen molar-refractivity contribution in [3.05, 3.63) is 0 Å². The maximum atomic E-state index is 11.4. The highest BCUT2D eigenvalue weighted by Crippen LogP contribution is 2.15. The van der Waals surface area contributed by atoms with E-state index >= 15 is 0 Å². The van der Waals surface area contributed by atoms with Gasteiger partial charge in [-0.15, -0.1) is 0 Å². The van der Waals surface area contributed by atoms with E-state index in [2.05, 4.69) is 5.32 Å². The van der Waals surface area contributed by atoms with E-state index in [1.54, 1.807) is 0 Å². The van der Waals surface area contributed by atoms with E-state index in [1.165, 1.54) is 12.8 Å². The lowest BCUT2D eigenvalue weighted by atomic mass is 9.95. The zero-order chi connectivity index (χ0) is 12.5. The molecule has 1 aliphatic heterocycles. The van der Waals surface area contributed by atoms with Gasteiger partial charge < -0.3 is 14.8 Å². The highest BCUT2D eigenvalue weighted by molar-refractivity contribution is 5.69. The van der Waals surface area contributed by atoms with Crippen molar-refractivity contribution in [1.29, 1.82) is 0 Å². The van der Waals surface area contributed by atoms with Gasteiger partial charge in [0.05, 0.1) is 12.7 Å². The van der Waals surface area contributed by atoms with Crippen LogP contribution in [0.3, 0.4) is 0 Å². The summed E-state index contributed by atoms with van der Waals surface area (Å²) in [5.41, 5.74) is 0. The average molecular weight is 243 g/mol. The highest BCUT2D eigenvalue weighted by atomic mass is 16.6. The molecule has 0 aromatic heterocycles. The Morgan fingerprint density at radius 2 is 2.24 bits per heavy atom. The number of nitrogens with one attached hydrogen (secondary N) is 1. The predicted octanol–water partition coefficient (Wildman–Crippen LogP) is 1.73. The third-order valence-corrected chi connectivity index (χ3v) is 2.95. The standard InChI is InChI=1S/C13H25NO3/c1-11(2)16-8-9-17-13(15)6-5-12-4-3-7-14-10-12/h11-12,14H,3-10H2,1-2H3. The Kier molecular flexibility index (Phi) is 7.21. The van der Waals surface area contributed by atoms with Crippen molar-refractivity contribution >= 4 is 5.97 Å². The lowest BCUT2D eigenvalue weighted by Gasteiger charge is -2.22. The molecule has 1 rings (SSSR count). The fraction of sp³-hybridized carbons (Fsp3) is 0.923. The Morgan fingerprint density at radius 1 is 1.41 bits per heavy atom. The van der Waals surface area contributed by atoms with Crippen molar-refractivity contribution in [2.45, 2.75) is 45.6 Å². The third-order valence-electron chi connectivity index (χ3n) is 2.95. The van der Waals surface area contributed by atoms with Gasteiger partial charge in [-0.25, -0.2) is 0 Å². The number of carbonyl (C=O) groups is 1. The van der Waals surface area contributed by atoms with Gasteiger partial charge in [0.2, 0.25) is 0 Å². The quantitative estimate of drug-likeness (QED) is 0.546. The van der Waals surface area contributed by atoms with Gasteiger partial charge in [0, 0.05) is 6.42 Å². The first-order valence-corrected chi connectivity index (χ1v) is 6.66. The van der Waals surface area contributed by atoms with E-state index in [0.717, 1.165) is 19.5 Å². The monoisotopic (exact) mass is 243 g/mol. The van der Waals surface area contributed by atoms with Gasteiger partial charge in [-0.3, -0.25) is 4.79 Å². The summed E-state index contributed by atoms with van der Waals surface area (Å²) in [6, 6.07) is 0. The molecule has 1 aliphatic rings. The van der Waals surface area contributed by atoms with Crippen LogP contribution < -0.4 is 5.32 Å². The third kappa shape index (κ3) is 7.34. The van der Waals surface area contributed by atoms with Crippen LogP contribution >= 0.6 is 0 Å². The first-order valence-electron chi connectivity index (χ1n) is 6.66. The van der Waals surface area contributed by atoms with E-state index in [0.29, 0.717) is 25.6 Å². The molecular formula is C13H25NO3.